The smallest absolute Gasteiger partial charge is 0.0463 e. The highest BCUT2D eigenvalue weighted by molar-refractivity contribution is 5.95. The van der Waals surface area contributed by atoms with E-state index in [2.05, 4.69) is 49.0 Å². The van der Waals surface area contributed by atoms with Crippen LogP contribution in [0.5, 0.6) is 0 Å². The second-order valence-corrected chi connectivity index (χ2v) is 4.11. The lowest BCUT2D eigenvalue weighted by Gasteiger charge is -2.00. The van der Waals surface area contributed by atoms with Gasteiger partial charge in [-0.1, -0.05) is 43.0 Å². The predicted molar refractivity (Wildman–Crippen MR) is 76.0 cm³/mol. The number of H-pyrrole nitrogens is 1. The number of benzene rings is 1. The summed E-state index contributed by atoms with van der Waals surface area (Å²) in [6, 6.07) is 6.47. The number of aryl methyl sites for hydroxylation is 1. The molecule has 1 aromatic heterocycles. The Balaban J connectivity index is 2.62. The van der Waals surface area contributed by atoms with Crippen LogP contribution in [0.4, 0.5) is 0 Å². The summed E-state index contributed by atoms with van der Waals surface area (Å²) in [6.07, 6.45) is 10.1. The van der Waals surface area contributed by atoms with Gasteiger partial charge in [-0.15, -0.1) is 0 Å². The van der Waals surface area contributed by atoms with E-state index < -0.39 is 0 Å². The van der Waals surface area contributed by atoms with Crippen LogP contribution >= 0.6 is 0 Å². The number of fused-ring (bicyclic) bond motifs is 1. The molecule has 1 N–H and O–H groups in total. The minimum absolute atomic E-state index is 1.18. The van der Waals surface area contributed by atoms with Gasteiger partial charge in [-0.05, 0) is 31.1 Å². The van der Waals surface area contributed by atoms with Crippen LogP contribution < -0.4 is 0 Å². The molecule has 0 radical (unpaired) electrons. The predicted octanol–water partition coefficient (Wildman–Crippen LogP) is 4.62. The Morgan fingerprint density at radius 3 is 2.88 bits per heavy atom. The fraction of sp³-hybridized carbons (Fsp3) is 0.125. The SMILES string of the molecule is C=C/C=C(\C=C/C)c1c[nH]c2cc(C)ccc12. The third-order valence-corrected chi connectivity index (χ3v) is 2.79. The highest BCUT2D eigenvalue weighted by Crippen LogP contribution is 2.26. The fourth-order valence-electron chi connectivity index (χ4n) is 2.02. The van der Waals surface area contributed by atoms with Crippen molar-refractivity contribution in [3.05, 3.63) is 66.4 Å². The molecule has 86 valence electrons. The first-order chi connectivity index (χ1) is 8.26. The van der Waals surface area contributed by atoms with Crippen LogP contribution in [0, 0.1) is 6.92 Å². The van der Waals surface area contributed by atoms with Crippen LogP contribution in [0.15, 0.2) is 55.3 Å². The van der Waals surface area contributed by atoms with Gasteiger partial charge in [0.15, 0.2) is 0 Å². The summed E-state index contributed by atoms with van der Waals surface area (Å²) < 4.78 is 0. The van der Waals surface area contributed by atoms with Gasteiger partial charge in [0.2, 0.25) is 0 Å². The van der Waals surface area contributed by atoms with Gasteiger partial charge >= 0.3 is 0 Å². The summed E-state index contributed by atoms with van der Waals surface area (Å²) in [5.74, 6) is 0. The van der Waals surface area contributed by atoms with E-state index in [0.29, 0.717) is 0 Å². The highest BCUT2D eigenvalue weighted by atomic mass is 14.7. The molecule has 2 rings (SSSR count). The van der Waals surface area contributed by atoms with E-state index in [4.69, 9.17) is 0 Å². The van der Waals surface area contributed by atoms with Crippen LogP contribution in [0.2, 0.25) is 0 Å². The van der Waals surface area contributed by atoms with Gasteiger partial charge in [0.05, 0.1) is 0 Å². The molecule has 0 unspecified atom stereocenters. The highest BCUT2D eigenvalue weighted by Gasteiger charge is 2.05. The van der Waals surface area contributed by atoms with Crippen molar-refractivity contribution in [2.24, 2.45) is 0 Å². The third kappa shape index (κ3) is 2.23. The molecular weight excluding hydrogens is 206 g/mol. The summed E-state index contributed by atoms with van der Waals surface area (Å²) in [5, 5.41) is 1.25. The summed E-state index contributed by atoms with van der Waals surface area (Å²) in [7, 11) is 0. The number of hydrogen-bond donors (Lipinski definition) is 1. The average molecular weight is 223 g/mol. The minimum atomic E-state index is 1.18. The zero-order chi connectivity index (χ0) is 12.3. The summed E-state index contributed by atoms with van der Waals surface area (Å²) >= 11 is 0. The van der Waals surface area contributed by atoms with Crippen molar-refractivity contribution in [3.63, 3.8) is 0 Å². The summed E-state index contributed by atoms with van der Waals surface area (Å²) in [6.45, 7) is 7.89. The second kappa shape index (κ2) is 4.88. The molecule has 0 saturated heterocycles. The van der Waals surface area contributed by atoms with Crippen molar-refractivity contribution in [2.75, 3.05) is 0 Å². The summed E-state index contributed by atoms with van der Waals surface area (Å²) in [4.78, 5) is 3.32. The van der Waals surface area contributed by atoms with Crippen LogP contribution in [0.25, 0.3) is 16.5 Å². The molecule has 0 bridgehead atoms. The van der Waals surface area contributed by atoms with Gasteiger partial charge in [0.1, 0.15) is 0 Å². The van der Waals surface area contributed by atoms with Gasteiger partial charge in [-0.3, -0.25) is 0 Å². The van der Waals surface area contributed by atoms with Gasteiger partial charge in [-0.2, -0.15) is 0 Å². The Hall–Kier alpha value is -2.02. The molecule has 1 heteroatoms. The normalized spacial score (nSPS) is 12.5. The molecule has 2 aromatic rings. The van der Waals surface area contributed by atoms with E-state index in [-0.39, 0.29) is 0 Å². The van der Waals surface area contributed by atoms with E-state index in [1.807, 2.05) is 25.2 Å². The van der Waals surface area contributed by atoms with Crippen molar-refractivity contribution >= 4 is 16.5 Å². The monoisotopic (exact) mass is 223 g/mol. The number of aromatic nitrogens is 1. The number of aromatic amines is 1. The fourth-order valence-corrected chi connectivity index (χ4v) is 2.02. The molecule has 0 saturated carbocycles. The molecule has 0 atom stereocenters. The zero-order valence-corrected chi connectivity index (χ0v) is 10.3. The number of hydrogen-bond acceptors (Lipinski definition) is 0. The van der Waals surface area contributed by atoms with Crippen molar-refractivity contribution in [2.45, 2.75) is 13.8 Å². The topological polar surface area (TPSA) is 15.8 Å². The minimum Gasteiger partial charge on any atom is -0.361 e. The first kappa shape index (κ1) is 11.5. The van der Waals surface area contributed by atoms with Crippen LogP contribution in [0.1, 0.15) is 18.1 Å². The van der Waals surface area contributed by atoms with Crippen molar-refractivity contribution in [3.8, 4) is 0 Å². The molecule has 0 aliphatic carbocycles. The largest absolute Gasteiger partial charge is 0.361 e. The molecule has 1 heterocycles. The second-order valence-electron chi connectivity index (χ2n) is 4.11. The van der Waals surface area contributed by atoms with E-state index in [1.165, 1.54) is 27.6 Å². The maximum absolute atomic E-state index is 3.77. The van der Waals surface area contributed by atoms with Gasteiger partial charge in [0, 0.05) is 22.7 Å². The van der Waals surface area contributed by atoms with Gasteiger partial charge in [0.25, 0.3) is 0 Å². The Bertz CT molecular complexity index is 597. The number of rotatable bonds is 3. The lowest BCUT2D eigenvalue weighted by molar-refractivity contribution is 1.44. The Kier molecular flexibility index (Phi) is 3.29. The maximum atomic E-state index is 3.77. The third-order valence-electron chi connectivity index (χ3n) is 2.79. The lowest BCUT2D eigenvalue weighted by atomic mass is 10.0. The molecule has 1 aromatic carbocycles. The van der Waals surface area contributed by atoms with Gasteiger partial charge < -0.3 is 4.98 Å². The van der Waals surface area contributed by atoms with Crippen LogP contribution in [-0.2, 0) is 0 Å². The summed E-state index contributed by atoms with van der Waals surface area (Å²) in [5.41, 5.74) is 4.85. The zero-order valence-electron chi connectivity index (χ0n) is 10.3. The molecule has 17 heavy (non-hydrogen) atoms. The van der Waals surface area contributed by atoms with Gasteiger partial charge in [-0.25, -0.2) is 0 Å². The number of nitrogens with one attached hydrogen (secondary N) is 1. The maximum Gasteiger partial charge on any atom is 0.0463 e. The molecule has 0 aliphatic heterocycles. The standard InChI is InChI=1S/C16H17N/c1-4-6-13(7-5-2)15-11-17-16-10-12(3)8-9-14(15)16/h4-11,17H,1H2,2-3H3/b7-5-,13-6+. The van der Waals surface area contributed by atoms with Crippen LogP contribution in [0.3, 0.4) is 0 Å². The molecule has 1 nitrogen and oxygen atoms in total. The molecular formula is C16H17N. The number of allylic oxidation sites excluding steroid dienone is 5. The molecule has 0 aliphatic rings. The van der Waals surface area contributed by atoms with E-state index in [1.54, 1.807) is 0 Å². The van der Waals surface area contributed by atoms with E-state index in [9.17, 15) is 0 Å². The molecule has 0 fully saturated rings. The quantitative estimate of drug-likeness (QED) is 0.731. The van der Waals surface area contributed by atoms with Crippen molar-refractivity contribution in [1.82, 2.24) is 4.98 Å². The Morgan fingerprint density at radius 1 is 1.35 bits per heavy atom. The van der Waals surface area contributed by atoms with E-state index >= 15 is 0 Å². The Morgan fingerprint density at radius 2 is 2.18 bits per heavy atom. The van der Waals surface area contributed by atoms with Crippen LogP contribution in [-0.4, -0.2) is 4.98 Å². The molecule has 0 spiro atoms. The van der Waals surface area contributed by atoms with E-state index in [0.717, 1.165) is 0 Å². The Labute approximate surface area is 102 Å². The average Bonchev–Trinajstić information content (AvgIpc) is 2.71. The van der Waals surface area contributed by atoms with Crippen molar-refractivity contribution < 1.29 is 0 Å². The van der Waals surface area contributed by atoms with Crippen molar-refractivity contribution in [1.29, 1.82) is 0 Å². The molecule has 0 amide bonds. The first-order valence-electron chi connectivity index (χ1n) is 5.79. The lowest BCUT2D eigenvalue weighted by Crippen LogP contribution is -1.78. The first-order valence-corrected chi connectivity index (χ1v) is 5.79.